The molecule has 2 atom stereocenters. The molecule has 0 aromatic rings. The maximum Gasteiger partial charge on any atom is 0.306 e. The summed E-state index contributed by atoms with van der Waals surface area (Å²) < 4.78 is 16.8. The molecule has 0 aromatic carbocycles. The first-order valence-electron chi connectivity index (χ1n) is 27.8. The van der Waals surface area contributed by atoms with Gasteiger partial charge in [-0.15, -0.1) is 0 Å². The van der Waals surface area contributed by atoms with Crippen LogP contribution in [0.1, 0.15) is 311 Å². The standard InChI is InChI=1S/C56H108O6/c1-6-8-9-10-11-12-13-14-15-16-17-18-21-24-27-30-36-41-46-54(57)60-49-53(50-61-55(58)47-42-37-33-32-35-40-45-52(5)7-2)62-56(59)48-43-38-31-28-25-22-19-20-23-26-29-34-39-44-51(3)4/h51-53H,6-50H2,1-5H3/t52?,53-/m0/s1. The van der Waals surface area contributed by atoms with Crippen LogP contribution in [0.4, 0.5) is 0 Å². The van der Waals surface area contributed by atoms with Crippen LogP contribution >= 0.6 is 0 Å². The third kappa shape index (κ3) is 47.9. The summed E-state index contributed by atoms with van der Waals surface area (Å²) in [5, 5.41) is 0. The fraction of sp³-hybridized carbons (Fsp3) is 0.946. The number of unbranched alkanes of at least 4 members (excludes halogenated alkanes) is 34. The van der Waals surface area contributed by atoms with E-state index in [-0.39, 0.29) is 31.1 Å². The smallest absolute Gasteiger partial charge is 0.306 e. The van der Waals surface area contributed by atoms with E-state index in [1.54, 1.807) is 0 Å². The first kappa shape index (κ1) is 60.4. The highest BCUT2D eigenvalue weighted by atomic mass is 16.6. The lowest BCUT2D eigenvalue weighted by molar-refractivity contribution is -0.167. The Morgan fingerprint density at radius 2 is 0.613 bits per heavy atom. The maximum atomic E-state index is 12.8. The van der Waals surface area contributed by atoms with E-state index < -0.39 is 6.10 Å². The molecule has 1 unspecified atom stereocenters. The van der Waals surface area contributed by atoms with Gasteiger partial charge in [0.05, 0.1) is 0 Å². The molecule has 0 aliphatic carbocycles. The summed E-state index contributed by atoms with van der Waals surface area (Å²) in [6, 6.07) is 0. The second-order valence-corrected chi connectivity index (χ2v) is 19.9. The molecule has 0 saturated carbocycles. The monoisotopic (exact) mass is 877 g/mol. The van der Waals surface area contributed by atoms with Crippen LogP contribution in [0.3, 0.4) is 0 Å². The molecule has 0 saturated heterocycles. The Kier molecular flexibility index (Phi) is 47.6. The van der Waals surface area contributed by atoms with Crippen LogP contribution < -0.4 is 0 Å². The van der Waals surface area contributed by atoms with Gasteiger partial charge in [-0.1, -0.05) is 272 Å². The van der Waals surface area contributed by atoms with Gasteiger partial charge in [0.15, 0.2) is 6.10 Å². The van der Waals surface area contributed by atoms with Crippen molar-refractivity contribution in [1.82, 2.24) is 0 Å². The van der Waals surface area contributed by atoms with Crippen molar-refractivity contribution in [2.24, 2.45) is 11.8 Å². The Labute approximate surface area is 387 Å². The zero-order chi connectivity index (χ0) is 45.4. The topological polar surface area (TPSA) is 78.9 Å². The van der Waals surface area contributed by atoms with Crippen LogP contribution in [-0.4, -0.2) is 37.2 Å². The van der Waals surface area contributed by atoms with Crippen LogP contribution in [0.15, 0.2) is 0 Å². The van der Waals surface area contributed by atoms with Crippen molar-refractivity contribution in [3.8, 4) is 0 Å². The fourth-order valence-electron chi connectivity index (χ4n) is 8.49. The average Bonchev–Trinajstić information content (AvgIpc) is 3.26. The molecule has 0 aliphatic rings. The van der Waals surface area contributed by atoms with Gasteiger partial charge >= 0.3 is 17.9 Å². The van der Waals surface area contributed by atoms with E-state index in [0.717, 1.165) is 69.6 Å². The Morgan fingerprint density at radius 1 is 0.339 bits per heavy atom. The number of esters is 3. The van der Waals surface area contributed by atoms with Crippen molar-refractivity contribution < 1.29 is 28.6 Å². The normalized spacial score (nSPS) is 12.5. The lowest BCUT2D eigenvalue weighted by atomic mass is 10.00. The summed E-state index contributed by atoms with van der Waals surface area (Å²) >= 11 is 0. The number of rotatable bonds is 50. The van der Waals surface area contributed by atoms with Gasteiger partial charge in [-0.2, -0.15) is 0 Å². The van der Waals surface area contributed by atoms with E-state index in [0.29, 0.717) is 19.3 Å². The molecule has 0 rings (SSSR count). The highest BCUT2D eigenvalue weighted by molar-refractivity contribution is 5.71. The molecule has 6 heteroatoms. The van der Waals surface area contributed by atoms with Crippen LogP contribution in [-0.2, 0) is 28.6 Å². The molecule has 6 nitrogen and oxygen atoms in total. The van der Waals surface area contributed by atoms with E-state index in [4.69, 9.17) is 14.2 Å². The van der Waals surface area contributed by atoms with Crippen LogP contribution in [0.5, 0.6) is 0 Å². The Hall–Kier alpha value is -1.59. The molecule has 0 aromatic heterocycles. The molecule has 0 amide bonds. The molecule has 0 radical (unpaired) electrons. The third-order valence-electron chi connectivity index (χ3n) is 13.1. The Morgan fingerprint density at radius 3 is 0.919 bits per heavy atom. The van der Waals surface area contributed by atoms with E-state index in [1.807, 2.05) is 0 Å². The van der Waals surface area contributed by atoms with Gasteiger partial charge in [0.25, 0.3) is 0 Å². The molecular weight excluding hydrogens is 769 g/mol. The lowest BCUT2D eigenvalue weighted by Gasteiger charge is -2.18. The third-order valence-corrected chi connectivity index (χ3v) is 13.1. The molecule has 62 heavy (non-hydrogen) atoms. The summed E-state index contributed by atoms with van der Waals surface area (Å²) in [6.45, 7) is 11.4. The quantitative estimate of drug-likeness (QED) is 0.0344. The van der Waals surface area contributed by atoms with Crippen molar-refractivity contribution in [3.63, 3.8) is 0 Å². The molecule has 0 aliphatic heterocycles. The minimum absolute atomic E-state index is 0.0638. The summed E-state index contributed by atoms with van der Waals surface area (Å²) in [5.41, 5.74) is 0. The van der Waals surface area contributed by atoms with Crippen molar-refractivity contribution in [1.29, 1.82) is 0 Å². The Bertz CT molecular complexity index is 949. The molecule has 0 N–H and O–H groups in total. The van der Waals surface area contributed by atoms with Crippen molar-refractivity contribution in [2.75, 3.05) is 13.2 Å². The first-order chi connectivity index (χ1) is 30.3. The minimum Gasteiger partial charge on any atom is -0.462 e. The number of hydrogen-bond donors (Lipinski definition) is 0. The number of hydrogen-bond acceptors (Lipinski definition) is 6. The summed E-state index contributed by atoms with van der Waals surface area (Å²) in [4.78, 5) is 38.0. The van der Waals surface area contributed by atoms with Crippen molar-refractivity contribution in [2.45, 2.75) is 317 Å². The number of ether oxygens (including phenoxy) is 3. The van der Waals surface area contributed by atoms with E-state index in [1.165, 1.54) is 199 Å². The van der Waals surface area contributed by atoms with Crippen LogP contribution in [0.2, 0.25) is 0 Å². The van der Waals surface area contributed by atoms with E-state index in [9.17, 15) is 14.4 Å². The highest BCUT2D eigenvalue weighted by Crippen LogP contribution is 2.18. The van der Waals surface area contributed by atoms with Gasteiger partial charge in [0.1, 0.15) is 13.2 Å². The number of carbonyl (C=O) groups excluding carboxylic acids is 3. The molecular formula is C56H108O6. The fourth-order valence-corrected chi connectivity index (χ4v) is 8.49. The minimum atomic E-state index is -0.763. The van der Waals surface area contributed by atoms with Gasteiger partial charge in [-0.05, 0) is 31.1 Å². The second-order valence-electron chi connectivity index (χ2n) is 19.9. The molecule has 0 bridgehead atoms. The second kappa shape index (κ2) is 48.9. The van der Waals surface area contributed by atoms with Gasteiger partial charge in [0.2, 0.25) is 0 Å². The van der Waals surface area contributed by atoms with Crippen molar-refractivity contribution in [3.05, 3.63) is 0 Å². The predicted octanol–water partition coefficient (Wildman–Crippen LogP) is 18.1. The molecule has 368 valence electrons. The Balaban J connectivity index is 4.26. The van der Waals surface area contributed by atoms with Gasteiger partial charge < -0.3 is 14.2 Å². The lowest BCUT2D eigenvalue weighted by Crippen LogP contribution is -2.30. The van der Waals surface area contributed by atoms with Crippen molar-refractivity contribution >= 4 is 17.9 Å². The maximum absolute atomic E-state index is 12.8. The van der Waals surface area contributed by atoms with E-state index >= 15 is 0 Å². The van der Waals surface area contributed by atoms with Gasteiger partial charge in [-0.3, -0.25) is 14.4 Å². The van der Waals surface area contributed by atoms with Crippen LogP contribution in [0, 0.1) is 11.8 Å². The molecule has 0 fully saturated rings. The summed E-state index contributed by atoms with van der Waals surface area (Å²) in [5.74, 6) is 0.806. The zero-order valence-electron chi connectivity index (χ0n) is 42.5. The SMILES string of the molecule is CCCCCCCCCCCCCCCCCCCCC(=O)OC[C@@H](COC(=O)CCCCCCCCC(C)CC)OC(=O)CCCCCCCCCCCCCCCC(C)C. The van der Waals surface area contributed by atoms with Gasteiger partial charge in [-0.25, -0.2) is 0 Å². The molecule has 0 heterocycles. The predicted molar refractivity (Wildman–Crippen MR) is 266 cm³/mol. The first-order valence-corrected chi connectivity index (χ1v) is 27.8. The van der Waals surface area contributed by atoms with Crippen LogP contribution in [0.25, 0.3) is 0 Å². The zero-order valence-corrected chi connectivity index (χ0v) is 42.5. The summed E-state index contributed by atoms with van der Waals surface area (Å²) in [6.07, 6.45) is 51.0. The highest BCUT2D eigenvalue weighted by Gasteiger charge is 2.19. The summed E-state index contributed by atoms with van der Waals surface area (Å²) in [7, 11) is 0. The number of carbonyl (C=O) groups is 3. The largest absolute Gasteiger partial charge is 0.462 e. The average molecular weight is 877 g/mol. The van der Waals surface area contributed by atoms with E-state index in [2.05, 4.69) is 34.6 Å². The van der Waals surface area contributed by atoms with Gasteiger partial charge in [0, 0.05) is 19.3 Å². The molecule has 0 spiro atoms.